The number of benzene rings is 1. The zero-order chi connectivity index (χ0) is 14.5. The monoisotopic (exact) mass is 335 g/mol. The Morgan fingerprint density at radius 2 is 2.05 bits per heavy atom. The molecule has 0 radical (unpaired) electrons. The third-order valence-electron chi connectivity index (χ3n) is 2.63. The van der Waals surface area contributed by atoms with E-state index < -0.39 is 4.92 Å². The number of amides is 1. The van der Waals surface area contributed by atoms with Crippen molar-refractivity contribution >= 4 is 27.5 Å². The molecule has 0 fully saturated rings. The molecule has 0 aliphatic heterocycles. The molecule has 102 valence electrons. The van der Waals surface area contributed by atoms with E-state index in [1.165, 1.54) is 6.07 Å². The van der Waals surface area contributed by atoms with E-state index in [2.05, 4.69) is 26.2 Å². The predicted molar refractivity (Wildman–Crippen MR) is 76.2 cm³/mol. The summed E-state index contributed by atoms with van der Waals surface area (Å²) in [5.74, 6) is -0.344. The van der Waals surface area contributed by atoms with Gasteiger partial charge in [0.15, 0.2) is 0 Å². The SMILES string of the molecule is O=C(NCc1ccccc1[N+](=O)[O-])c1cccnc1Br. The summed E-state index contributed by atoms with van der Waals surface area (Å²) in [6, 6.07) is 9.55. The van der Waals surface area contributed by atoms with Gasteiger partial charge in [-0.05, 0) is 28.1 Å². The van der Waals surface area contributed by atoms with Crippen molar-refractivity contribution in [3.63, 3.8) is 0 Å². The van der Waals surface area contributed by atoms with Gasteiger partial charge in [0.05, 0.1) is 10.5 Å². The Hall–Kier alpha value is -2.28. The molecule has 1 heterocycles. The van der Waals surface area contributed by atoms with E-state index >= 15 is 0 Å². The van der Waals surface area contributed by atoms with Crippen molar-refractivity contribution < 1.29 is 9.72 Å². The number of carbonyl (C=O) groups is 1. The summed E-state index contributed by atoms with van der Waals surface area (Å²) in [6.07, 6.45) is 1.56. The summed E-state index contributed by atoms with van der Waals surface area (Å²) < 4.78 is 0.431. The minimum Gasteiger partial charge on any atom is -0.348 e. The number of aromatic nitrogens is 1. The summed E-state index contributed by atoms with van der Waals surface area (Å²) in [7, 11) is 0. The van der Waals surface area contributed by atoms with E-state index in [9.17, 15) is 14.9 Å². The fourth-order valence-electron chi connectivity index (χ4n) is 1.66. The number of nitro benzene ring substituents is 1. The van der Waals surface area contributed by atoms with E-state index in [0.717, 1.165) is 0 Å². The van der Waals surface area contributed by atoms with Crippen LogP contribution in [0.15, 0.2) is 47.2 Å². The van der Waals surface area contributed by atoms with E-state index in [1.54, 1.807) is 36.5 Å². The van der Waals surface area contributed by atoms with Gasteiger partial charge in [-0.3, -0.25) is 14.9 Å². The van der Waals surface area contributed by atoms with E-state index in [4.69, 9.17) is 0 Å². The molecule has 0 aliphatic rings. The zero-order valence-corrected chi connectivity index (χ0v) is 11.8. The fraction of sp³-hybridized carbons (Fsp3) is 0.0769. The average molecular weight is 336 g/mol. The van der Waals surface area contributed by atoms with Gasteiger partial charge >= 0.3 is 0 Å². The van der Waals surface area contributed by atoms with Crippen molar-refractivity contribution in [3.8, 4) is 0 Å². The van der Waals surface area contributed by atoms with Gasteiger partial charge in [0, 0.05) is 24.4 Å². The molecule has 0 saturated carbocycles. The first-order valence-corrected chi connectivity index (χ1v) is 6.50. The Labute approximate surface area is 123 Å². The van der Waals surface area contributed by atoms with Crippen molar-refractivity contribution in [2.45, 2.75) is 6.54 Å². The number of pyridine rings is 1. The molecule has 6 nitrogen and oxygen atoms in total. The van der Waals surface area contributed by atoms with Crippen molar-refractivity contribution in [1.82, 2.24) is 10.3 Å². The van der Waals surface area contributed by atoms with Crippen molar-refractivity contribution in [3.05, 3.63) is 68.4 Å². The van der Waals surface area contributed by atoms with E-state index in [-0.39, 0.29) is 18.1 Å². The van der Waals surface area contributed by atoms with Crippen LogP contribution in [0.3, 0.4) is 0 Å². The van der Waals surface area contributed by atoms with Crippen LogP contribution in [0.5, 0.6) is 0 Å². The number of hydrogen-bond donors (Lipinski definition) is 1. The molecule has 1 aromatic heterocycles. The van der Waals surface area contributed by atoms with Crippen LogP contribution >= 0.6 is 15.9 Å². The molecule has 0 saturated heterocycles. The third-order valence-corrected chi connectivity index (χ3v) is 3.26. The number of carbonyl (C=O) groups excluding carboxylic acids is 1. The highest BCUT2D eigenvalue weighted by molar-refractivity contribution is 9.10. The Kier molecular flexibility index (Phi) is 4.41. The molecular formula is C13H10BrN3O3. The number of para-hydroxylation sites is 1. The van der Waals surface area contributed by atoms with Crippen LogP contribution in [0.2, 0.25) is 0 Å². The molecule has 1 N–H and O–H groups in total. The minimum absolute atomic E-state index is 0.0157. The van der Waals surface area contributed by atoms with Gasteiger partial charge < -0.3 is 5.32 Å². The number of hydrogen-bond acceptors (Lipinski definition) is 4. The molecular weight excluding hydrogens is 326 g/mol. The summed E-state index contributed by atoms with van der Waals surface area (Å²) in [5, 5.41) is 13.5. The Balaban J connectivity index is 2.12. The second-order valence-electron chi connectivity index (χ2n) is 3.91. The first-order valence-electron chi connectivity index (χ1n) is 5.70. The molecule has 0 atom stereocenters. The first-order chi connectivity index (χ1) is 9.59. The van der Waals surface area contributed by atoms with Crippen molar-refractivity contribution in [2.75, 3.05) is 0 Å². The zero-order valence-electron chi connectivity index (χ0n) is 10.2. The maximum atomic E-state index is 12.0. The van der Waals surface area contributed by atoms with Crippen LogP contribution in [0.4, 0.5) is 5.69 Å². The normalized spacial score (nSPS) is 10.1. The van der Waals surface area contributed by atoms with Crippen LogP contribution in [-0.2, 0) is 6.54 Å². The minimum atomic E-state index is -0.471. The van der Waals surface area contributed by atoms with Gasteiger partial charge in [-0.2, -0.15) is 0 Å². The molecule has 20 heavy (non-hydrogen) atoms. The smallest absolute Gasteiger partial charge is 0.274 e. The van der Waals surface area contributed by atoms with Crippen LogP contribution in [-0.4, -0.2) is 15.8 Å². The second-order valence-corrected chi connectivity index (χ2v) is 4.66. The topological polar surface area (TPSA) is 85.1 Å². The lowest BCUT2D eigenvalue weighted by atomic mass is 10.1. The lowest BCUT2D eigenvalue weighted by molar-refractivity contribution is -0.385. The Morgan fingerprint density at radius 1 is 1.30 bits per heavy atom. The van der Waals surface area contributed by atoms with Gasteiger partial charge in [-0.15, -0.1) is 0 Å². The summed E-state index contributed by atoms with van der Waals surface area (Å²) in [4.78, 5) is 26.3. The molecule has 0 spiro atoms. The van der Waals surface area contributed by atoms with E-state index in [1.807, 2.05) is 0 Å². The van der Waals surface area contributed by atoms with Gasteiger partial charge in [0.2, 0.25) is 0 Å². The number of halogens is 1. The summed E-state index contributed by atoms with van der Waals surface area (Å²) in [6.45, 7) is 0.0807. The van der Waals surface area contributed by atoms with Gasteiger partial charge in [-0.1, -0.05) is 18.2 Å². The largest absolute Gasteiger partial charge is 0.348 e. The molecule has 2 aromatic rings. The quantitative estimate of drug-likeness (QED) is 0.528. The number of rotatable bonds is 4. The predicted octanol–water partition coefficient (Wildman–Crippen LogP) is 2.68. The average Bonchev–Trinajstić information content (AvgIpc) is 2.45. The Morgan fingerprint density at radius 3 is 2.75 bits per heavy atom. The Bertz CT molecular complexity index is 661. The van der Waals surface area contributed by atoms with Crippen LogP contribution in [0, 0.1) is 10.1 Å². The highest BCUT2D eigenvalue weighted by Crippen LogP contribution is 2.18. The maximum Gasteiger partial charge on any atom is 0.274 e. The second kappa shape index (κ2) is 6.25. The number of nitro groups is 1. The van der Waals surface area contributed by atoms with Crippen LogP contribution in [0.25, 0.3) is 0 Å². The van der Waals surface area contributed by atoms with Crippen LogP contribution < -0.4 is 5.32 Å². The molecule has 2 rings (SSSR count). The molecule has 0 unspecified atom stereocenters. The van der Waals surface area contributed by atoms with Gasteiger partial charge in [-0.25, -0.2) is 4.98 Å². The molecule has 0 bridgehead atoms. The van der Waals surface area contributed by atoms with Crippen LogP contribution in [0.1, 0.15) is 15.9 Å². The van der Waals surface area contributed by atoms with Crippen molar-refractivity contribution in [2.24, 2.45) is 0 Å². The summed E-state index contributed by atoms with van der Waals surface area (Å²) in [5.41, 5.74) is 0.815. The first kappa shape index (κ1) is 14.1. The van der Waals surface area contributed by atoms with E-state index in [0.29, 0.717) is 15.7 Å². The standard InChI is InChI=1S/C13H10BrN3O3/c14-12-10(5-3-7-15-12)13(18)16-8-9-4-1-2-6-11(9)17(19)20/h1-7H,8H2,(H,16,18). The third kappa shape index (κ3) is 3.18. The van der Waals surface area contributed by atoms with Gasteiger partial charge in [0.1, 0.15) is 4.60 Å². The maximum absolute atomic E-state index is 12.0. The van der Waals surface area contributed by atoms with Gasteiger partial charge in [0.25, 0.3) is 11.6 Å². The number of nitrogens with zero attached hydrogens (tertiary/aromatic N) is 2. The van der Waals surface area contributed by atoms with Crippen molar-refractivity contribution in [1.29, 1.82) is 0 Å². The number of nitrogens with one attached hydrogen (secondary N) is 1. The summed E-state index contributed by atoms with van der Waals surface area (Å²) >= 11 is 3.18. The highest BCUT2D eigenvalue weighted by atomic mass is 79.9. The molecule has 1 aromatic carbocycles. The highest BCUT2D eigenvalue weighted by Gasteiger charge is 2.14. The molecule has 0 aliphatic carbocycles. The lowest BCUT2D eigenvalue weighted by Crippen LogP contribution is -2.23. The molecule has 1 amide bonds. The molecule has 7 heteroatoms. The fourth-order valence-corrected chi connectivity index (χ4v) is 2.10. The lowest BCUT2D eigenvalue weighted by Gasteiger charge is -2.06.